The van der Waals surface area contributed by atoms with Crippen molar-refractivity contribution in [2.24, 2.45) is 7.05 Å². The number of aromatic nitrogens is 2. The molecule has 5 heteroatoms. The van der Waals surface area contributed by atoms with Gasteiger partial charge in [0.25, 0.3) is 0 Å². The van der Waals surface area contributed by atoms with Gasteiger partial charge in [-0.25, -0.2) is 0 Å². The molecule has 2 rings (SSSR count). The Morgan fingerprint density at radius 2 is 2.07 bits per heavy atom. The van der Waals surface area contributed by atoms with Crippen molar-refractivity contribution in [3.63, 3.8) is 0 Å². The predicted octanol–water partition coefficient (Wildman–Crippen LogP) is 1.08. The normalized spacial score (nSPS) is 10.5. The molecule has 0 radical (unpaired) electrons. The molecule has 5 nitrogen and oxygen atoms in total. The van der Waals surface area contributed by atoms with Crippen molar-refractivity contribution in [1.29, 1.82) is 0 Å². The predicted molar refractivity (Wildman–Crippen MR) is 56.4 cm³/mol. The van der Waals surface area contributed by atoms with Crippen LogP contribution in [0.4, 0.5) is 5.69 Å². The zero-order chi connectivity index (χ0) is 11.0. The molecule has 15 heavy (non-hydrogen) atoms. The van der Waals surface area contributed by atoms with E-state index in [1.807, 2.05) is 0 Å². The number of phenolic OH excluding ortho intramolecular Hbond substituents is 2. The Morgan fingerprint density at radius 1 is 1.33 bits per heavy atom. The number of aromatic hydroxyl groups is 2. The third-order valence-corrected chi connectivity index (χ3v) is 2.24. The van der Waals surface area contributed by atoms with E-state index in [2.05, 4.69) is 5.10 Å². The fraction of sp³-hybridized carbons (Fsp3) is 0.100. The first kappa shape index (κ1) is 9.39. The van der Waals surface area contributed by atoms with Gasteiger partial charge in [0.15, 0.2) is 11.5 Å². The summed E-state index contributed by atoms with van der Waals surface area (Å²) < 4.78 is 1.55. The van der Waals surface area contributed by atoms with Crippen LogP contribution in [0.25, 0.3) is 11.3 Å². The molecule has 1 heterocycles. The van der Waals surface area contributed by atoms with Gasteiger partial charge < -0.3 is 15.9 Å². The fourth-order valence-corrected chi connectivity index (χ4v) is 1.51. The summed E-state index contributed by atoms with van der Waals surface area (Å²) in [7, 11) is 1.72. The first-order valence-electron chi connectivity index (χ1n) is 4.40. The van der Waals surface area contributed by atoms with Crippen molar-refractivity contribution >= 4 is 5.69 Å². The highest BCUT2D eigenvalue weighted by molar-refractivity contribution is 5.78. The van der Waals surface area contributed by atoms with E-state index in [9.17, 15) is 10.2 Å². The second-order valence-electron chi connectivity index (χ2n) is 3.25. The SMILES string of the molecule is Cn1ncc(N)c1-c1cccc(O)c1O. The molecule has 0 amide bonds. The molecule has 0 spiro atoms. The average Bonchev–Trinajstić information content (AvgIpc) is 2.52. The molecular weight excluding hydrogens is 194 g/mol. The first-order chi connectivity index (χ1) is 7.11. The zero-order valence-corrected chi connectivity index (χ0v) is 8.18. The Labute approximate surface area is 86.4 Å². The van der Waals surface area contributed by atoms with Gasteiger partial charge >= 0.3 is 0 Å². The molecule has 4 N–H and O–H groups in total. The summed E-state index contributed by atoms with van der Waals surface area (Å²) in [6.07, 6.45) is 1.50. The number of nitrogens with zero attached hydrogens (tertiary/aromatic N) is 2. The summed E-state index contributed by atoms with van der Waals surface area (Å²) in [6.45, 7) is 0. The number of para-hydroxylation sites is 1. The van der Waals surface area contributed by atoms with Crippen LogP contribution in [-0.2, 0) is 7.05 Å². The largest absolute Gasteiger partial charge is 0.504 e. The number of rotatable bonds is 1. The molecule has 0 aliphatic heterocycles. The number of hydrogen-bond acceptors (Lipinski definition) is 4. The van der Waals surface area contributed by atoms with Gasteiger partial charge in [0, 0.05) is 12.6 Å². The van der Waals surface area contributed by atoms with Crippen molar-refractivity contribution in [1.82, 2.24) is 9.78 Å². The molecule has 0 atom stereocenters. The summed E-state index contributed by atoms with van der Waals surface area (Å²) in [6, 6.07) is 4.71. The van der Waals surface area contributed by atoms with Crippen molar-refractivity contribution in [3.05, 3.63) is 24.4 Å². The van der Waals surface area contributed by atoms with Crippen LogP contribution in [0.15, 0.2) is 24.4 Å². The third kappa shape index (κ3) is 1.38. The Kier molecular flexibility index (Phi) is 2.00. The van der Waals surface area contributed by atoms with Crippen molar-refractivity contribution < 1.29 is 10.2 Å². The summed E-state index contributed by atoms with van der Waals surface area (Å²) in [5, 5.41) is 23.0. The molecular formula is C10H11N3O2. The van der Waals surface area contributed by atoms with E-state index in [0.717, 1.165) is 0 Å². The second-order valence-corrected chi connectivity index (χ2v) is 3.25. The molecule has 0 bridgehead atoms. The van der Waals surface area contributed by atoms with E-state index in [4.69, 9.17) is 5.73 Å². The van der Waals surface area contributed by atoms with Crippen molar-refractivity contribution in [2.45, 2.75) is 0 Å². The fourth-order valence-electron chi connectivity index (χ4n) is 1.51. The minimum Gasteiger partial charge on any atom is -0.504 e. The minimum absolute atomic E-state index is 0.173. The van der Waals surface area contributed by atoms with Crippen LogP contribution in [0.1, 0.15) is 0 Å². The van der Waals surface area contributed by atoms with Gasteiger partial charge in [0.1, 0.15) is 0 Å². The minimum atomic E-state index is -0.187. The summed E-state index contributed by atoms with van der Waals surface area (Å²) in [5.74, 6) is -0.360. The van der Waals surface area contributed by atoms with Gasteiger partial charge in [0.2, 0.25) is 0 Å². The Hall–Kier alpha value is -2.17. The van der Waals surface area contributed by atoms with Gasteiger partial charge in [-0.05, 0) is 12.1 Å². The lowest BCUT2D eigenvalue weighted by Crippen LogP contribution is -1.96. The number of anilines is 1. The highest BCUT2D eigenvalue weighted by Gasteiger charge is 2.14. The van der Waals surface area contributed by atoms with Crippen LogP contribution >= 0.6 is 0 Å². The molecule has 78 valence electrons. The number of hydrogen-bond donors (Lipinski definition) is 3. The van der Waals surface area contributed by atoms with E-state index in [-0.39, 0.29) is 11.5 Å². The average molecular weight is 205 g/mol. The zero-order valence-electron chi connectivity index (χ0n) is 8.18. The summed E-state index contributed by atoms with van der Waals surface area (Å²) in [5.41, 5.74) is 7.22. The van der Waals surface area contributed by atoms with Crippen LogP contribution in [-0.4, -0.2) is 20.0 Å². The molecule has 0 saturated carbocycles. The number of nitrogen functional groups attached to an aromatic ring is 1. The lowest BCUT2D eigenvalue weighted by atomic mass is 10.1. The quantitative estimate of drug-likeness (QED) is 0.608. The van der Waals surface area contributed by atoms with E-state index >= 15 is 0 Å². The van der Waals surface area contributed by atoms with Crippen LogP contribution in [0, 0.1) is 0 Å². The lowest BCUT2D eigenvalue weighted by Gasteiger charge is -2.07. The molecule has 1 aromatic heterocycles. The van der Waals surface area contributed by atoms with Crippen molar-refractivity contribution in [2.75, 3.05) is 5.73 Å². The van der Waals surface area contributed by atoms with Crippen molar-refractivity contribution in [3.8, 4) is 22.8 Å². The molecule has 0 unspecified atom stereocenters. The third-order valence-electron chi connectivity index (χ3n) is 2.24. The summed E-state index contributed by atoms with van der Waals surface area (Å²) >= 11 is 0. The van der Waals surface area contributed by atoms with Gasteiger partial charge in [0.05, 0.1) is 17.6 Å². The maximum absolute atomic E-state index is 9.67. The van der Waals surface area contributed by atoms with Crippen LogP contribution in [0.3, 0.4) is 0 Å². The molecule has 0 fully saturated rings. The molecule has 0 aliphatic rings. The smallest absolute Gasteiger partial charge is 0.167 e. The van der Waals surface area contributed by atoms with Gasteiger partial charge in [-0.1, -0.05) is 6.07 Å². The van der Waals surface area contributed by atoms with Gasteiger partial charge in [-0.2, -0.15) is 5.10 Å². The molecule has 0 aliphatic carbocycles. The van der Waals surface area contributed by atoms with Crippen LogP contribution in [0.5, 0.6) is 11.5 Å². The monoisotopic (exact) mass is 205 g/mol. The molecule has 1 aromatic carbocycles. The van der Waals surface area contributed by atoms with Gasteiger partial charge in [-0.15, -0.1) is 0 Å². The number of phenols is 2. The summed E-state index contributed by atoms with van der Waals surface area (Å²) in [4.78, 5) is 0. The number of benzene rings is 1. The number of nitrogens with two attached hydrogens (primary N) is 1. The number of aryl methyl sites for hydroxylation is 1. The van der Waals surface area contributed by atoms with E-state index in [1.165, 1.54) is 12.3 Å². The van der Waals surface area contributed by atoms with Crippen LogP contribution in [0.2, 0.25) is 0 Å². The van der Waals surface area contributed by atoms with E-state index in [1.54, 1.807) is 23.9 Å². The Balaban J connectivity index is 2.69. The molecule has 0 saturated heterocycles. The van der Waals surface area contributed by atoms with Gasteiger partial charge in [-0.3, -0.25) is 4.68 Å². The second kappa shape index (κ2) is 3.20. The van der Waals surface area contributed by atoms with Crippen LogP contribution < -0.4 is 5.73 Å². The Morgan fingerprint density at radius 3 is 2.67 bits per heavy atom. The van der Waals surface area contributed by atoms with E-state index < -0.39 is 0 Å². The maximum Gasteiger partial charge on any atom is 0.167 e. The first-order valence-corrected chi connectivity index (χ1v) is 4.40. The highest BCUT2D eigenvalue weighted by atomic mass is 16.3. The topological polar surface area (TPSA) is 84.3 Å². The molecule has 2 aromatic rings. The standard InChI is InChI=1S/C10H11N3O2/c1-13-9(7(11)5-12-13)6-3-2-4-8(14)10(6)15/h2-5,14-15H,11H2,1H3. The van der Waals surface area contributed by atoms with E-state index in [0.29, 0.717) is 16.9 Å². The lowest BCUT2D eigenvalue weighted by molar-refractivity contribution is 0.405. The Bertz CT molecular complexity index is 486. The maximum atomic E-state index is 9.67. The highest BCUT2D eigenvalue weighted by Crippen LogP contribution is 2.37.